The van der Waals surface area contributed by atoms with E-state index in [1.165, 1.54) is 68.2 Å². The SMILES string of the molecule is Cc1cc2sc(-c3ccc(-c4cc(C(F)(F)F)n[n-]4)nc3)cc2s1.O=COc1ccnc(-c2cc(OC=O)cc(-c3cc(C(=O)O)ccn3)n2)c1.[N-]=C=S.[Ru+2]. The molecule has 13 nitrogen and oxygen atoms in total. The standard InChI is InChI=1S/C18H11N3O6.C16H9F3N3S2.CNS.Ru/c22-9-26-12-2-4-20-15(6-12)17-8-13(27-10-23)7-16(21-17)14-5-11(18(24)25)1-3-19-14;1-8-4-13-14(23-8)6-12(24-13)9-2-3-10(20-7-9)11-5-15(22-21-11)16(17,18)19;2-1-3;/h1-10H,(H,24,25);2-7H,1H3;;/q;2*-1;+2. The van der Waals surface area contributed by atoms with Gasteiger partial charge in [0, 0.05) is 67.2 Å². The van der Waals surface area contributed by atoms with Crippen molar-refractivity contribution in [2.24, 2.45) is 0 Å². The number of aryl methyl sites for hydroxylation is 1. The Labute approximate surface area is 334 Å². The number of aromatic nitrogens is 6. The van der Waals surface area contributed by atoms with Crippen molar-refractivity contribution in [2.45, 2.75) is 13.1 Å². The molecule has 0 fully saturated rings. The molecule has 0 amide bonds. The molecule has 55 heavy (non-hydrogen) atoms. The molecule has 0 atom stereocenters. The molecule has 0 saturated heterocycles. The maximum absolute atomic E-state index is 12.6. The van der Waals surface area contributed by atoms with Crippen molar-refractivity contribution in [3.63, 3.8) is 0 Å². The Morgan fingerprint density at radius 2 is 1.47 bits per heavy atom. The van der Waals surface area contributed by atoms with Crippen LogP contribution in [-0.2, 0) is 35.2 Å². The molecule has 7 aromatic heterocycles. The Kier molecular flexibility index (Phi) is 14.4. The van der Waals surface area contributed by atoms with Crippen LogP contribution in [0.5, 0.6) is 11.5 Å². The number of rotatable bonds is 9. The van der Waals surface area contributed by atoms with Gasteiger partial charge in [0.15, 0.2) is 0 Å². The molecule has 0 bridgehead atoms. The quantitative estimate of drug-likeness (QED) is 0.0636. The van der Waals surface area contributed by atoms with E-state index in [0.29, 0.717) is 17.1 Å². The van der Waals surface area contributed by atoms with Crippen molar-refractivity contribution >= 4 is 68.4 Å². The molecule has 0 aliphatic heterocycles. The molecular weight excluding hydrogens is 869 g/mol. The zero-order valence-corrected chi connectivity index (χ0v) is 31.8. The minimum absolute atomic E-state index is 0. The van der Waals surface area contributed by atoms with E-state index in [0.717, 1.165) is 16.5 Å². The third-order valence-corrected chi connectivity index (χ3v) is 9.16. The number of carbonyl (C=O) groups is 3. The minimum atomic E-state index is -4.49. The molecular formula is C35H20F3N7O6RuS3. The van der Waals surface area contributed by atoms with Crippen LogP contribution in [0.1, 0.15) is 20.9 Å². The monoisotopic (exact) mass is 889 g/mol. The number of ether oxygens (including phenoxy) is 2. The van der Waals surface area contributed by atoms with Crippen LogP contribution in [-0.4, -0.2) is 54.2 Å². The third-order valence-electron chi connectivity index (χ3n) is 6.90. The average molecular weight is 889 g/mol. The summed E-state index contributed by atoms with van der Waals surface area (Å²) < 4.78 is 49.9. The number of thiophene rings is 2. The van der Waals surface area contributed by atoms with Crippen LogP contribution >= 0.6 is 34.9 Å². The molecule has 0 saturated carbocycles. The fourth-order valence-corrected chi connectivity index (χ4v) is 6.93. The van der Waals surface area contributed by atoms with Gasteiger partial charge in [-0.1, -0.05) is 17.9 Å². The molecule has 0 radical (unpaired) electrons. The Morgan fingerprint density at radius 3 is 2.05 bits per heavy atom. The van der Waals surface area contributed by atoms with Gasteiger partial charge in [0.2, 0.25) is 0 Å². The first-order valence-corrected chi connectivity index (χ1v) is 16.9. The number of fused-ring (bicyclic) bond motifs is 1. The number of carbonyl (C=O) groups excluding carboxylic acids is 2. The molecule has 7 aromatic rings. The number of pyridine rings is 4. The van der Waals surface area contributed by atoms with E-state index in [-0.39, 0.29) is 66.6 Å². The van der Waals surface area contributed by atoms with Crippen LogP contribution in [0.3, 0.4) is 0 Å². The second-order valence-corrected chi connectivity index (χ2v) is 13.0. The summed E-state index contributed by atoms with van der Waals surface area (Å²) in [6.45, 7) is 2.61. The molecule has 0 aromatic carbocycles. The summed E-state index contributed by atoms with van der Waals surface area (Å²) in [5.41, 5.74) is 1.66. The molecule has 20 heteroatoms. The predicted octanol–water partition coefficient (Wildman–Crippen LogP) is 8.00. The zero-order chi connectivity index (χ0) is 38.8. The van der Waals surface area contributed by atoms with Crippen molar-refractivity contribution in [3.05, 3.63) is 107 Å². The number of alkyl halides is 3. The molecule has 7 rings (SSSR count). The topological polar surface area (TPSA) is 191 Å². The van der Waals surface area contributed by atoms with Gasteiger partial charge in [-0.25, -0.2) is 9.78 Å². The summed E-state index contributed by atoms with van der Waals surface area (Å²) >= 11 is 7.11. The van der Waals surface area contributed by atoms with Crippen molar-refractivity contribution < 1.29 is 61.6 Å². The van der Waals surface area contributed by atoms with E-state index in [9.17, 15) is 27.6 Å². The van der Waals surface area contributed by atoms with Gasteiger partial charge >= 0.3 is 31.6 Å². The fourth-order valence-electron chi connectivity index (χ4n) is 4.62. The van der Waals surface area contributed by atoms with E-state index >= 15 is 0 Å². The van der Waals surface area contributed by atoms with Gasteiger partial charge in [-0.15, -0.1) is 22.7 Å². The van der Waals surface area contributed by atoms with Gasteiger partial charge in [0.1, 0.15) is 17.2 Å². The van der Waals surface area contributed by atoms with Crippen molar-refractivity contribution in [3.8, 4) is 56.1 Å². The van der Waals surface area contributed by atoms with Crippen molar-refractivity contribution in [1.82, 2.24) is 30.1 Å². The second kappa shape index (κ2) is 18.9. The van der Waals surface area contributed by atoms with E-state index in [2.05, 4.69) is 61.4 Å². The van der Waals surface area contributed by atoms with E-state index in [1.807, 2.05) is 6.07 Å². The molecule has 7 heterocycles. The fraction of sp³-hybridized carbons (Fsp3) is 0.0571. The average Bonchev–Trinajstić information content (AvgIpc) is 3.89. The van der Waals surface area contributed by atoms with Gasteiger partial charge in [-0.2, -0.15) is 18.3 Å². The second-order valence-electron chi connectivity index (χ2n) is 10.4. The van der Waals surface area contributed by atoms with E-state index < -0.39 is 17.8 Å². The first kappa shape index (κ1) is 41.8. The maximum Gasteiger partial charge on any atom is 2.00 e. The van der Waals surface area contributed by atoms with Gasteiger partial charge < -0.3 is 30.2 Å². The summed E-state index contributed by atoms with van der Waals surface area (Å²) in [5.74, 6) is -0.693. The van der Waals surface area contributed by atoms with Crippen molar-refractivity contribution in [1.29, 1.82) is 0 Å². The molecule has 0 aliphatic carbocycles. The van der Waals surface area contributed by atoms with Gasteiger partial charge in [0.05, 0.1) is 28.3 Å². The number of isothiocyanates is 1. The number of aromatic carboxylic acids is 1. The number of carboxylic acids is 1. The van der Waals surface area contributed by atoms with Crippen LogP contribution in [0.25, 0.3) is 59.4 Å². The summed E-state index contributed by atoms with van der Waals surface area (Å²) in [7, 11) is 0. The smallest absolute Gasteiger partial charge is 0.753 e. The number of nitrogens with zero attached hydrogens (tertiary/aromatic N) is 7. The Balaban J connectivity index is 0.000000226. The number of halogens is 3. The first-order chi connectivity index (χ1) is 25.9. The van der Waals surface area contributed by atoms with Crippen LogP contribution in [0, 0.1) is 6.92 Å². The minimum Gasteiger partial charge on any atom is -0.753 e. The Hall–Kier alpha value is -5.91. The van der Waals surface area contributed by atoms with Crippen LogP contribution in [0.2, 0.25) is 0 Å². The van der Waals surface area contributed by atoms with Crippen molar-refractivity contribution in [2.75, 3.05) is 0 Å². The number of thiocarbonyl (C=S) groups is 1. The molecule has 0 spiro atoms. The van der Waals surface area contributed by atoms with Gasteiger partial charge in [-0.3, -0.25) is 24.5 Å². The summed E-state index contributed by atoms with van der Waals surface area (Å²) in [5, 5.41) is 24.3. The molecule has 0 unspecified atom stereocenters. The number of hydrogen-bond acceptors (Lipinski definition) is 13. The Bertz CT molecular complexity index is 2450. The molecule has 0 aliphatic rings. The maximum atomic E-state index is 12.6. The Morgan fingerprint density at radius 1 is 0.855 bits per heavy atom. The van der Waals surface area contributed by atoms with Gasteiger partial charge in [-0.05, 0) is 55.5 Å². The molecule has 1 N–H and O–H groups in total. The first-order valence-electron chi connectivity index (χ1n) is 14.9. The van der Waals surface area contributed by atoms with Crippen LogP contribution < -0.4 is 14.6 Å². The van der Waals surface area contributed by atoms with E-state index in [1.54, 1.807) is 34.9 Å². The summed E-state index contributed by atoms with van der Waals surface area (Å²) in [4.78, 5) is 51.7. The van der Waals surface area contributed by atoms with E-state index in [4.69, 9.17) is 20.0 Å². The normalized spacial score (nSPS) is 10.4. The number of carboxylic acid groups (broad SMARTS) is 1. The third kappa shape index (κ3) is 10.8. The zero-order valence-electron chi connectivity index (χ0n) is 27.6. The predicted molar refractivity (Wildman–Crippen MR) is 196 cm³/mol. The summed E-state index contributed by atoms with van der Waals surface area (Å²) in [6.07, 6.45) is -0.0815. The molecule has 278 valence electrons. The summed E-state index contributed by atoms with van der Waals surface area (Å²) in [6, 6.07) is 17.2. The van der Waals surface area contributed by atoms with Gasteiger partial charge in [0.25, 0.3) is 12.9 Å². The number of hydrogen-bond donors (Lipinski definition) is 1. The van der Waals surface area contributed by atoms with Crippen LogP contribution in [0.15, 0.2) is 85.3 Å². The van der Waals surface area contributed by atoms with Crippen LogP contribution in [0.4, 0.5) is 13.2 Å². The largest absolute Gasteiger partial charge is 2.00 e.